The van der Waals surface area contributed by atoms with E-state index in [0.29, 0.717) is 11.7 Å². The van der Waals surface area contributed by atoms with Crippen molar-refractivity contribution in [1.82, 2.24) is 15.5 Å². The largest absolute Gasteiger partial charge is 0.345 e. The van der Waals surface area contributed by atoms with Crippen LogP contribution < -0.4 is 10.6 Å². The standard InChI is InChI=1S/C30H37N3O2S/c1-33(28(34)16-4-2-3-15-27-29-26(20-36-27)31-30(35)32-29)19-9-14-25-23-12-7-5-10-21(23)17-18-22-11-6-8-13-24(22)25/h5-8,10-14,26-27,29H,2-4,9,15-20H2,1H3,(H2,31,32,35)/t26-,27-,29-/m0/s1. The first-order chi connectivity index (χ1) is 17.6. The molecule has 2 aromatic rings. The summed E-state index contributed by atoms with van der Waals surface area (Å²) in [7, 11) is 1.93. The first-order valence-electron chi connectivity index (χ1n) is 13.4. The van der Waals surface area contributed by atoms with Gasteiger partial charge in [0.05, 0.1) is 12.1 Å². The third-order valence-electron chi connectivity index (χ3n) is 7.83. The number of aryl methyl sites for hydroxylation is 2. The van der Waals surface area contributed by atoms with Gasteiger partial charge in [-0.15, -0.1) is 0 Å². The molecule has 5 nitrogen and oxygen atoms in total. The summed E-state index contributed by atoms with van der Waals surface area (Å²) < 4.78 is 0. The molecule has 2 fully saturated rings. The van der Waals surface area contributed by atoms with E-state index in [-0.39, 0.29) is 24.0 Å². The number of rotatable bonds is 9. The van der Waals surface area contributed by atoms with E-state index in [0.717, 1.165) is 57.2 Å². The lowest BCUT2D eigenvalue weighted by atomic mass is 9.93. The summed E-state index contributed by atoms with van der Waals surface area (Å²) >= 11 is 1.96. The van der Waals surface area contributed by atoms with Gasteiger partial charge in [0.15, 0.2) is 0 Å². The first-order valence-corrected chi connectivity index (χ1v) is 14.4. The van der Waals surface area contributed by atoms with Crippen molar-refractivity contribution in [2.45, 2.75) is 68.7 Å². The predicted octanol–water partition coefficient (Wildman–Crippen LogP) is 5.18. The molecule has 5 rings (SSSR count). The van der Waals surface area contributed by atoms with Crippen LogP contribution in [0.4, 0.5) is 4.79 Å². The van der Waals surface area contributed by atoms with Gasteiger partial charge in [-0.2, -0.15) is 11.8 Å². The van der Waals surface area contributed by atoms with Gasteiger partial charge in [-0.1, -0.05) is 67.4 Å². The molecule has 0 saturated carbocycles. The minimum atomic E-state index is -0.0213. The van der Waals surface area contributed by atoms with Crippen LogP contribution in [-0.4, -0.2) is 53.5 Å². The predicted molar refractivity (Wildman–Crippen MR) is 148 cm³/mol. The molecule has 2 N–H and O–H groups in total. The second kappa shape index (κ2) is 11.5. The van der Waals surface area contributed by atoms with Gasteiger partial charge in [0, 0.05) is 31.0 Å². The minimum absolute atomic E-state index is 0.0213. The molecule has 3 aliphatic rings. The van der Waals surface area contributed by atoms with Gasteiger partial charge in [-0.3, -0.25) is 4.79 Å². The van der Waals surface area contributed by atoms with Crippen LogP contribution in [0.1, 0.15) is 60.8 Å². The zero-order chi connectivity index (χ0) is 24.9. The molecule has 0 bridgehead atoms. The fourth-order valence-corrected chi connectivity index (χ4v) is 7.34. The van der Waals surface area contributed by atoms with Crippen molar-refractivity contribution in [3.05, 3.63) is 76.9 Å². The van der Waals surface area contributed by atoms with Crippen LogP contribution in [0.3, 0.4) is 0 Å². The number of hydrogen-bond donors (Lipinski definition) is 2. The van der Waals surface area contributed by atoms with Crippen molar-refractivity contribution in [3.8, 4) is 0 Å². The SMILES string of the molecule is CN(CCC=C1c2ccccc2CCc2ccccc21)C(=O)CCCCC[C@@H]1SC[C@@H]2NC(=O)N[C@@H]21. The Bertz CT molecular complexity index is 1080. The van der Waals surface area contributed by atoms with Gasteiger partial charge in [0.1, 0.15) is 0 Å². The summed E-state index contributed by atoms with van der Waals surface area (Å²) in [6.07, 6.45) is 10.1. The van der Waals surface area contributed by atoms with Gasteiger partial charge in [-0.05, 0) is 59.9 Å². The monoisotopic (exact) mass is 503 g/mol. The van der Waals surface area contributed by atoms with Crippen LogP contribution in [-0.2, 0) is 17.6 Å². The van der Waals surface area contributed by atoms with Crippen molar-refractivity contribution < 1.29 is 9.59 Å². The molecule has 2 saturated heterocycles. The molecule has 6 heteroatoms. The maximum absolute atomic E-state index is 12.7. The zero-order valence-corrected chi connectivity index (χ0v) is 22.0. The Morgan fingerprint density at radius 3 is 2.42 bits per heavy atom. The molecule has 2 aromatic carbocycles. The van der Waals surface area contributed by atoms with E-state index in [1.165, 1.54) is 27.8 Å². The third kappa shape index (κ3) is 5.64. The average Bonchev–Trinajstić information content (AvgIpc) is 3.39. The summed E-state index contributed by atoms with van der Waals surface area (Å²) in [4.78, 5) is 26.1. The topological polar surface area (TPSA) is 61.4 Å². The van der Waals surface area contributed by atoms with Gasteiger partial charge in [0.2, 0.25) is 5.91 Å². The molecule has 0 radical (unpaired) electrons. The van der Waals surface area contributed by atoms with Crippen LogP contribution >= 0.6 is 11.8 Å². The van der Waals surface area contributed by atoms with E-state index < -0.39 is 0 Å². The van der Waals surface area contributed by atoms with E-state index in [4.69, 9.17) is 0 Å². The molecule has 190 valence electrons. The smallest absolute Gasteiger partial charge is 0.315 e. The molecule has 3 atom stereocenters. The second-order valence-electron chi connectivity index (χ2n) is 10.3. The van der Waals surface area contributed by atoms with E-state index >= 15 is 0 Å². The highest BCUT2D eigenvalue weighted by atomic mass is 32.2. The van der Waals surface area contributed by atoms with E-state index in [1.54, 1.807) is 0 Å². The van der Waals surface area contributed by atoms with Crippen LogP contribution in [0.2, 0.25) is 0 Å². The Morgan fingerprint density at radius 1 is 1.00 bits per heavy atom. The maximum Gasteiger partial charge on any atom is 0.315 e. The summed E-state index contributed by atoms with van der Waals surface area (Å²) in [6, 6.07) is 18.0. The molecule has 0 spiro atoms. The van der Waals surface area contributed by atoms with Crippen LogP contribution in [0, 0.1) is 0 Å². The molecule has 2 heterocycles. The van der Waals surface area contributed by atoms with E-state index in [1.807, 2.05) is 23.7 Å². The summed E-state index contributed by atoms with van der Waals surface area (Å²) in [6.45, 7) is 0.737. The lowest BCUT2D eigenvalue weighted by Crippen LogP contribution is -2.36. The second-order valence-corrected chi connectivity index (χ2v) is 11.5. The number of fused-ring (bicyclic) bond motifs is 3. The number of nitrogens with zero attached hydrogens (tertiary/aromatic N) is 1. The molecular formula is C30H37N3O2S. The first kappa shape index (κ1) is 24.9. The lowest BCUT2D eigenvalue weighted by molar-refractivity contribution is -0.129. The number of carbonyl (C=O) groups excluding carboxylic acids is 2. The van der Waals surface area contributed by atoms with Gasteiger partial charge in [0.25, 0.3) is 0 Å². The Labute approximate surface area is 219 Å². The quantitative estimate of drug-likeness (QED) is 0.366. The number of carbonyl (C=O) groups is 2. The van der Waals surface area contributed by atoms with Crippen molar-refractivity contribution in [3.63, 3.8) is 0 Å². The number of unbranched alkanes of at least 4 members (excludes halogenated alkanes) is 2. The molecule has 0 aromatic heterocycles. The normalized spacial score (nSPS) is 22.1. The van der Waals surface area contributed by atoms with Crippen molar-refractivity contribution in [2.75, 3.05) is 19.3 Å². The highest BCUT2D eigenvalue weighted by molar-refractivity contribution is 8.00. The van der Waals surface area contributed by atoms with Gasteiger partial charge >= 0.3 is 6.03 Å². The highest BCUT2D eigenvalue weighted by Crippen LogP contribution is 2.34. The van der Waals surface area contributed by atoms with Crippen LogP contribution in [0.15, 0.2) is 54.6 Å². The molecule has 3 amide bonds. The Balaban J connectivity index is 1.08. The summed E-state index contributed by atoms with van der Waals surface area (Å²) in [5.74, 6) is 1.24. The fourth-order valence-electron chi connectivity index (χ4n) is 5.80. The molecule has 2 aliphatic heterocycles. The average molecular weight is 504 g/mol. The lowest BCUT2D eigenvalue weighted by Gasteiger charge is -2.18. The number of amides is 3. The Morgan fingerprint density at radius 2 is 1.69 bits per heavy atom. The van der Waals surface area contributed by atoms with Gasteiger partial charge < -0.3 is 15.5 Å². The summed E-state index contributed by atoms with van der Waals surface area (Å²) in [5.41, 5.74) is 6.78. The molecule has 36 heavy (non-hydrogen) atoms. The van der Waals surface area contributed by atoms with Gasteiger partial charge in [-0.25, -0.2) is 4.79 Å². The van der Waals surface area contributed by atoms with Crippen molar-refractivity contribution in [1.29, 1.82) is 0 Å². The molecule has 1 aliphatic carbocycles. The van der Waals surface area contributed by atoms with E-state index in [9.17, 15) is 9.59 Å². The number of hydrogen-bond acceptors (Lipinski definition) is 3. The highest BCUT2D eigenvalue weighted by Gasteiger charge is 2.42. The van der Waals surface area contributed by atoms with E-state index in [2.05, 4.69) is 65.2 Å². The van der Waals surface area contributed by atoms with Crippen LogP contribution in [0.5, 0.6) is 0 Å². The molecular weight excluding hydrogens is 466 g/mol. The third-order valence-corrected chi connectivity index (χ3v) is 9.34. The number of urea groups is 1. The summed E-state index contributed by atoms with van der Waals surface area (Å²) in [5, 5.41) is 6.56. The number of nitrogens with one attached hydrogen (secondary N) is 2. The number of thioether (sulfide) groups is 1. The van der Waals surface area contributed by atoms with Crippen LogP contribution in [0.25, 0.3) is 5.57 Å². The number of benzene rings is 2. The molecule has 0 unspecified atom stereocenters. The minimum Gasteiger partial charge on any atom is -0.345 e. The zero-order valence-electron chi connectivity index (χ0n) is 21.2. The fraction of sp³-hybridized carbons (Fsp3) is 0.467. The maximum atomic E-state index is 12.7. The Hall–Kier alpha value is -2.73. The van der Waals surface area contributed by atoms with Crippen molar-refractivity contribution >= 4 is 29.3 Å². The van der Waals surface area contributed by atoms with Crippen molar-refractivity contribution in [2.24, 2.45) is 0 Å². The Kier molecular flexibility index (Phi) is 8.00.